The lowest BCUT2D eigenvalue weighted by Gasteiger charge is -2.12. The fourth-order valence-corrected chi connectivity index (χ4v) is 2.39. The minimum atomic E-state index is 0.595. The van der Waals surface area contributed by atoms with E-state index in [-0.39, 0.29) is 0 Å². The molecule has 0 radical (unpaired) electrons. The molecule has 1 fully saturated rings. The van der Waals surface area contributed by atoms with Crippen LogP contribution in [0.3, 0.4) is 0 Å². The molecule has 100 valence electrons. The molecule has 19 heavy (non-hydrogen) atoms. The standard InChI is InChI=1S/C13H18N6/c1-8(9-2-3-9)7-19-13(16-17-18-19)11-5-4-10(14)6-12(11)15/h4-6,8-9H,2-3,7,14-15H2,1H3. The summed E-state index contributed by atoms with van der Waals surface area (Å²) in [5, 5.41) is 11.9. The smallest absolute Gasteiger partial charge is 0.184 e. The Hall–Kier alpha value is -2.11. The van der Waals surface area contributed by atoms with Gasteiger partial charge < -0.3 is 11.5 Å². The molecule has 0 spiro atoms. The highest BCUT2D eigenvalue weighted by Gasteiger charge is 2.29. The van der Waals surface area contributed by atoms with Gasteiger partial charge in [-0.3, -0.25) is 0 Å². The number of aromatic nitrogens is 4. The highest BCUT2D eigenvalue weighted by molar-refractivity contribution is 5.74. The van der Waals surface area contributed by atoms with Crippen LogP contribution in [0, 0.1) is 11.8 Å². The van der Waals surface area contributed by atoms with Crippen molar-refractivity contribution in [1.82, 2.24) is 20.2 Å². The van der Waals surface area contributed by atoms with Gasteiger partial charge in [-0.15, -0.1) is 5.10 Å². The van der Waals surface area contributed by atoms with E-state index >= 15 is 0 Å². The number of benzene rings is 1. The van der Waals surface area contributed by atoms with E-state index in [1.807, 2.05) is 16.8 Å². The lowest BCUT2D eigenvalue weighted by Crippen LogP contribution is -2.12. The minimum Gasteiger partial charge on any atom is -0.399 e. The molecule has 1 aromatic carbocycles. The van der Waals surface area contributed by atoms with Gasteiger partial charge in [0.2, 0.25) is 0 Å². The number of nitrogens with two attached hydrogens (primary N) is 2. The Labute approximate surface area is 111 Å². The molecule has 0 saturated heterocycles. The second-order valence-electron chi connectivity index (χ2n) is 5.35. The normalized spacial score (nSPS) is 16.5. The molecule has 1 aliphatic rings. The largest absolute Gasteiger partial charge is 0.399 e. The maximum absolute atomic E-state index is 6.00. The van der Waals surface area contributed by atoms with Gasteiger partial charge in [0.1, 0.15) is 0 Å². The monoisotopic (exact) mass is 258 g/mol. The molecule has 3 rings (SSSR count). The van der Waals surface area contributed by atoms with Crippen molar-refractivity contribution in [2.75, 3.05) is 11.5 Å². The highest BCUT2D eigenvalue weighted by Crippen LogP contribution is 2.37. The first-order valence-electron chi connectivity index (χ1n) is 6.56. The molecule has 0 amide bonds. The van der Waals surface area contributed by atoms with Gasteiger partial charge in [-0.05, 0) is 53.3 Å². The molecule has 1 aromatic heterocycles. The second kappa shape index (κ2) is 4.53. The predicted octanol–water partition coefficient (Wildman–Crippen LogP) is 1.55. The number of nitrogens with zero attached hydrogens (tertiary/aromatic N) is 4. The van der Waals surface area contributed by atoms with E-state index in [0.29, 0.717) is 23.1 Å². The van der Waals surface area contributed by atoms with Crippen LogP contribution in [-0.4, -0.2) is 20.2 Å². The van der Waals surface area contributed by atoms with E-state index in [1.165, 1.54) is 12.8 Å². The topological polar surface area (TPSA) is 95.6 Å². The second-order valence-corrected chi connectivity index (χ2v) is 5.35. The van der Waals surface area contributed by atoms with Crippen molar-refractivity contribution in [1.29, 1.82) is 0 Å². The van der Waals surface area contributed by atoms with E-state index in [0.717, 1.165) is 18.0 Å². The first kappa shape index (κ1) is 12.0. The first-order valence-corrected chi connectivity index (χ1v) is 6.56. The summed E-state index contributed by atoms with van der Waals surface area (Å²) >= 11 is 0. The number of anilines is 2. The van der Waals surface area contributed by atoms with E-state index in [9.17, 15) is 0 Å². The minimum absolute atomic E-state index is 0.595. The summed E-state index contributed by atoms with van der Waals surface area (Å²) in [5.74, 6) is 2.13. The molecule has 2 aromatic rings. The Morgan fingerprint density at radius 3 is 2.84 bits per heavy atom. The van der Waals surface area contributed by atoms with Crippen molar-refractivity contribution < 1.29 is 0 Å². The molecule has 6 nitrogen and oxygen atoms in total. The molecule has 1 unspecified atom stereocenters. The van der Waals surface area contributed by atoms with Crippen molar-refractivity contribution in [2.45, 2.75) is 26.3 Å². The lowest BCUT2D eigenvalue weighted by atomic mass is 10.1. The quantitative estimate of drug-likeness (QED) is 0.811. The zero-order valence-corrected chi connectivity index (χ0v) is 11.0. The van der Waals surface area contributed by atoms with Crippen molar-refractivity contribution in [3.05, 3.63) is 18.2 Å². The molecule has 1 heterocycles. The molecule has 6 heteroatoms. The van der Waals surface area contributed by atoms with E-state index in [2.05, 4.69) is 22.4 Å². The van der Waals surface area contributed by atoms with Crippen molar-refractivity contribution in [3.8, 4) is 11.4 Å². The van der Waals surface area contributed by atoms with Crippen molar-refractivity contribution >= 4 is 11.4 Å². The number of hydrogen-bond acceptors (Lipinski definition) is 5. The van der Waals surface area contributed by atoms with Crippen molar-refractivity contribution in [3.63, 3.8) is 0 Å². The fourth-order valence-electron chi connectivity index (χ4n) is 2.39. The van der Waals surface area contributed by atoms with Crippen LogP contribution in [0.5, 0.6) is 0 Å². The first-order chi connectivity index (χ1) is 9.15. The van der Waals surface area contributed by atoms with Crippen LogP contribution >= 0.6 is 0 Å². The van der Waals surface area contributed by atoms with Crippen molar-refractivity contribution in [2.24, 2.45) is 11.8 Å². The summed E-state index contributed by atoms with van der Waals surface area (Å²) in [6, 6.07) is 5.42. The van der Waals surface area contributed by atoms with Crippen LogP contribution in [0.2, 0.25) is 0 Å². The number of nitrogen functional groups attached to an aromatic ring is 2. The van der Waals surface area contributed by atoms with Crippen LogP contribution in [0.4, 0.5) is 11.4 Å². The Bertz CT molecular complexity index is 587. The van der Waals surface area contributed by atoms with Gasteiger partial charge in [0.15, 0.2) is 5.82 Å². The molecule has 0 bridgehead atoms. The molecule has 1 saturated carbocycles. The van der Waals surface area contributed by atoms with Gasteiger partial charge >= 0.3 is 0 Å². The predicted molar refractivity (Wildman–Crippen MR) is 74.0 cm³/mol. The zero-order chi connectivity index (χ0) is 13.4. The third-order valence-electron chi connectivity index (χ3n) is 3.74. The summed E-state index contributed by atoms with van der Waals surface area (Å²) in [4.78, 5) is 0. The van der Waals surface area contributed by atoms with Crippen LogP contribution < -0.4 is 11.5 Å². The Balaban J connectivity index is 1.90. The lowest BCUT2D eigenvalue weighted by molar-refractivity contribution is 0.402. The molecule has 1 aliphatic carbocycles. The zero-order valence-electron chi connectivity index (χ0n) is 11.0. The van der Waals surface area contributed by atoms with Gasteiger partial charge in [0.05, 0.1) is 0 Å². The molecule has 4 N–H and O–H groups in total. The Morgan fingerprint density at radius 1 is 1.37 bits per heavy atom. The third-order valence-corrected chi connectivity index (χ3v) is 3.74. The summed E-state index contributed by atoms with van der Waals surface area (Å²) < 4.78 is 1.84. The molecule has 1 atom stereocenters. The van der Waals surface area contributed by atoms with Gasteiger partial charge in [-0.2, -0.15) is 0 Å². The Kier molecular flexibility index (Phi) is 2.85. The maximum atomic E-state index is 6.00. The van der Waals surface area contributed by atoms with Gasteiger partial charge in [-0.25, -0.2) is 4.68 Å². The summed E-state index contributed by atoms with van der Waals surface area (Å²) in [6.45, 7) is 3.08. The van der Waals surface area contributed by atoms with Gasteiger partial charge in [0.25, 0.3) is 0 Å². The van der Waals surface area contributed by atoms with Crippen LogP contribution in [0.15, 0.2) is 18.2 Å². The summed E-state index contributed by atoms with van der Waals surface area (Å²) in [5.41, 5.74) is 13.8. The highest BCUT2D eigenvalue weighted by atomic mass is 15.5. The molecule has 0 aliphatic heterocycles. The molecular formula is C13H18N6. The molecular weight excluding hydrogens is 240 g/mol. The average molecular weight is 258 g/mol. The fraction of sp³-hybridized carbons (Fsp3) is 0.462. The van der Waals surface area contributed by atoms with E-state index in [4.69, 9.17) is 11.5 Å². The number of tetrazole rings is 1. The van der Waals surface area contributed by atoms with Crippen LogP contribution in [0.1, 0.15) is 19.8 Å². The average Bonchev–Trinajstić information content (AvgIpc) is 3.12. The van der Waals surface area contributed by atoms with E-state index in [1.54, 1.807) is 6.07 Å². The number of hydrogen-bond donors (Lipinski definition) is 2. The van der Waals surface area contributed by atoms with Crippen LogP contribution in [-0.2, 0) is 6.54 Å². The van der Waals surface area contributed by atoms with Gasteiger partial charge in [0, 0.05) is 23.5 Å². The summed E-state index contributed by atoms with van der Waals surface area (Å²) in [6.07, 6.45) is 2.64. The summed E-state index contributed by atoms with van der Waals surface area (Å²) in [7, 11) is 0. The number of rotatable bonds is 4. The maximum Gasteiger partial charge on any atom is 0.184 e. The Morgan fingerprint density at radius 2 is 2.16 bits per heavy atom. The van der Waals surface area contributed by atoms with E-state index < -0.39 is 0 Å². The van der Waals surface area contributed by atoms with Crippen LogP contribution in [0.25, 0.3) is 11.4 Å². The SMILES string of the molecule is CC(Cn1nnnc1-c1ccc(N)cc1N)C1CC1. The van der Waals surface area contributed by atoms with Gasteiger partial charge in [-0.1, -0.05) is 6.92 Å². The third kappa shape index (κ3) is 2.38.